The third-order valence-electron chi connectivity index (χ3n) is 4.48. The summed E-state index contributed by atoms with van der Waals surface area (Å²) >= 11 is 0. The first-order valence-electron chi connectivity index (χ1n) is 7.79. The molecule has 1 aromatic heterocycles. The first-order valence-corrected chi connectivity index (χ1v) is 7.79. The highest BCUT2D eigenvalue weighted by atomic mass is 16.5. The van der Waals surface area contributed by atoms with Gasteiger partial charge >= 0.3 is 0 Å². The van der Waals surface area contributed by atoms with Gasteiger partial charge in [-0.2, -0.15) is 4.98 Å². The Kier molecular flexibility index (Phi) is 3.81. The summed E-state index contributed by atoms with van der Waals surface area (Å²) in [7, 11) is 0. The second kappa shape index (κ2) is 5.60. The summed E-state index contributed by atoms with van der Waals surface area (Å²) in [4.78, 5) is 4.61. The number of nitrogens with zero attached hydrogens (tertiary/aromatic N) is 2. The Hall–Kier alpha value is -1.68. The van der Waals surface area contributed by atoms with Crippen LogP contribution >= 0.6 is 0 Å². The molecule has 0 unspecified atom stereocenters. The van der Waals surface area contributed by atoms with Crippen LogP contribution in [0.1, 0.15) is 55.5 Å². The van der Waals surface area contributed by atoms with Crippen LogP contribution < -0.4 is 5.73 Å². The molecule has 1 heterocycles. The maximum absolute atomic E-state index is 6.55. The second-order valence-corrected chi connectivity index (χ2v) is 6.31. The zero-order chi connectivity index (χ0) is 14.9. The molecular formula is C17H23N3O. The molecule has 0 spiro atoms. The average molecular weight is 285 g/mol. The van der Waals surface area contributed by atoms with Crippen LogP contribution in [0.5, 0.6) is 0 Å². The first kappa shape index (κ1) is 14.3. The predicted molar refractivity (Wildman–Crippen MR) is 82.8 cm³/mol. The first-order chi connectivity index (χ1) is 10.1. The SMILES string of the molecule is Cc1ccc(-c2nc(C3(N)CCCCCC3)no2)c(C)c1. The van der Waals surface area contributed by atoms with Crippen molar-refractivity contribution in [2.75, 3.05) is 0 Å². The van der Waals surface area contributed by atoms with Crippen molar-refractivity contribution in [1.29, 1.82) is 0 Å². The van der Waals surface area contributed by atoms with Crippen LogP contribution in [0, 0.1) is 13.8 Å². The van der Waals surface area contributed by atoms with Gasteiger partial charge in [0, 0.05) is 5.56 Å². The van der Waals surface area contributed by atoms with Crippen LogP contribution in [-0.4, -0.2) is 10.1 Å². The van der Waals surface area contributed by atoms with E-state index < -0.39 is 5.54 Å². The third kappa shape index (κ3) is 2.86. The van der Waals surface area contributed by atoms with Gasteiger partial charge in [0.25, 0.3) is 5.89 Å². The molecule has 1 saturated carbocycles. The van der Waals surface area contributed by atoms with Gasteiger partial charge in [0.05, 0.1) is 5.54 Å². The molecule has 0 aliphatic heterocycles. The fourth-order valence-corrected chi connectivity index (χ4v) is 3.17. The molecule has 0 atom stereocenters. The Morgan fingerprint density at radius 1 is 1.10 bits per heavy atom. The average Bonchev–Trinajstić information content (AvgIpc) is 2.83. The van der Waals surface area contributed by atoms with E-state index in [0.29, 0.717) is 11.7 Å². The topological polar surface area (TPSA) is 64.9 Å². The van der Waals surface area contributed by atoms with Gasteiger partial charge < -0.3 is 10.3 Å². The standard InChI is InChI=1S/C17H23N3O/c1-12-7-8-14(13(2)11-12)15-19-16(20-21-15)17(18)9-5-3-4-6-10-17/h7-8,11H,3-6,9-10,18H2,1-2H3. The normalized spacial score (nSPS) is 18.4. The highest BCUT2D eigenvalue weighted by molar-refractivity contribution is 5.58. The molecule has 0 radical (unpaired) electrons. The van der Waals surface area contributed by atoms with Gasteiger partial charge in [0.2, 0.25) is 0 Å². The van der Waals surface area contributed by atoms with Gasteiger partial charge in [-0.1, -0.05) is 48.5 Å². The van der Waals surface area contributed by atoms with E-state index in [0.717, 1.165) is 36.8 Å². The van der Waals surface area contributed by atoms with Crippen molar-refractivity contribution in [2.24, 2.45) is 5.73 Å². The van der Waals surface area contributed by atoms with Crippen molar-refractivity contribution < 1.29 is 4.52 Å². The zero-order valence-electron chi connectivity index (χ0n) is 12.9. The maximum Gasteiger partial charge on any atom is 0.258 e. The van der Waals surface area contributed by atoms with Gasteiger partial charge in [-0.05, 0) is 38.3 Å². The number of benzene rings is 1. The predicted octanol–water partition coefficient (Wildman–Crippen LogP) is 3.86. The van der Waals surface area contributed by atoms with Crippen molar-refractivity contribution >= 4 is 0 Å². The number of aryl methyl sites for hydroxylation is 2. The highest BCUT2D eigenvalue weighted by Crippen LogP contribution is 2.33. The minimum atomic E-state index is -0.420. The number of nitrogens with two attached hydrogens (primary N) is 1. The monoisotopic (exact) mass is 285 g/mol. The van der Waals surface area contributed by atoms with Crippen molar-refractivity contribution in [3.05, 3.63) is 35.2 Å². The zero-order valence-corrected chi connectivity index (χ0v) is 12.9. The molecular weight excluding hydrogens is 262 g/mol. The van der Waals surface area contributed by atoms with Gasteiger partial charge in [-0.15, -0.1) is 0 Å². The molecule has 0 saturated heterocycles. The van der Waals surface area contributed by atoms with Crippen molar-refractivity contribution in [1.82, 2.24) is 10.1 Å². The second-order valence-electron chi connectivity index (χ2n) is 6.31. The third-order valence-corrected chi connectivity index (χ3v) is 4.48. The van der Waals surface area contributed by atoms with Crippen LogP contribution in [0.2, 0.25) is 0 Å². The molecule has 0 amide bonds. The summed E-state index contributed by atoms with van der Waals surface area (Å²) in [5.41, 5.74) is 9.51. The fourth-order valence-electron chi connectivity index (χ4n) is 3.17. The number of aromatic nitrogens is 2. The highest BCUT2D eigenvalue weighted by Gasteiger charge is 2.33. The minimum Gasteiger partial charge on any atom is -0.334 e. The smallest absolute Gasteiger partial charge is 0.258 e. The van der Waals surface area contributed by atoms with Crippen molar-refractivity contribution in [2.45, 2.75) is 57.9 Å². The largest absolute Gasteiger partial charge is 0.334 e. The molecule has 1 aliphatic rings. The summed E-state index contributed by atoms with van der Waals surface area (Å²) in [6.45, 7) is 4.15. The molecule has 3 rings (SSSR count). The maximum atomic E-state index is 6.55. The molecule has 4 nitrogen and oxygen atoms in total. The minimum absolute atomic E-state index is 0.420. The summed E-state index contributed by atoms with van der Waals surface area (Å²) < 4.78 is 5.49. The Bertz CT molecular complexity index is 625. The van der Waals surface area contributed by atoms with E-state index in [2.05, 4.69) is 36.1 Å². The molecule has 2 aromatic rings. The summed E-state index contributed by atoms with van der Waals surface area (Å²) in [5, 5.41) is 4.18. The van der Waals surface area contributed by atoms with Gasteiger partial charge in [-0.25, -0.2) is 0 Å². The van der Waals surface area contributed by atoms with E-state index in [4.69, 9.17) is 10.3 Å². The Balaban J connectivity index is 1.92. The number of hydrogen-bond acceptors (Lipinski definition) is 4. The molecule has 4 heteroatoms. The van der Waals surface area contributed by atoms with Gasteiger partial charge in [0.1, 0.15) is 0 Å². The molecule has 0 bridgehead atoms. The molecule has 1 aliphatic carbocycles. The summed E-state index contributed by atoms with van der Waals surface area (Å²) in [5.74, 6) is 1.25. The lowest BCUT2D eigenvalue weighted by molar-refractivity contribution is 0.334. The van der Waals surface area contributed by atoms with E-state index in [9.17, 15) is 0 Å². The lowest BCUT2D eigenvalue weighted by atomic mass is 9.91. The molecule has 112 valence electrons. The van der Waals surface area contributed by atoms with Gasteiger partial charge in [-0.3, -0.25) is 0 Å². The van der Waals surface area contributed by atoms with E-state index in [1.54, 1.807) is 0 Å². The Labute approximate surface area is 125 Å². The lowest BCUT2D eigenvalue weighted by Gasteiger charge is -2.23. The van der Waals surface area contributed by atoms with E-state index in [1.165, 1.54) is 18.4 Å². The van der Waals surface area contributed by atoms with E-state index in [-0.39, 0.29) is 0 Å². The number of hydrogen-bond donors (Lipinski definition) is 1. The molecule has 1 aromatic carbocycles. The summed E-state index contributed by atoms with van der Waals surface area (Å²) in [6, 6.07) is 6.23. The molecule has 21 heavy (non-hydrogen) atoms. The van der Waals surface area contributed by atoms with Crippen LogP contribution in [0.3, 0.4) is 0 Å². The van der Waals surface area contributed by atoms with Gasteiger partial charge in [0.15, 0.2) is 5.82 Å². The fraction of sp³-hybridized carbons (Fsp3) is 0.529. The molecule has 2 N–H and O–H groups in total. The lowest BCUT2D eigenvalue weighted by Crippen LogP contribution is -2.37. The number of rotatable bonds is 2. The van der Waals surface area contributed by atoms with E-state index >= 15 is 0 Å². The van der Waals surface area contributed by atoms with Crippen molar-refractivity contribution in [3.8, 4) is 11.5 Å². The van der Waals surface area contributed by atoms with Crippen molar-refractivity contribution in [3.63, 3.8) is 0 Å². The Morgan fingerprint density at radius 2 is 1.81 bits per heavy atom. The van der Waals surface area contributed by atoms with E-state index in [1.807, 2.05) is 6.07 Å². The van der Waals surface area contributed by atoms with Crippen LogP contribution in [-0.2, 0) is 5.54 Å². The van der Waals surface area contributed by atoms with Crippen LogP contribution in [0.15, 0.2) is 22.7 Å². The van der Waals surface area contributed by atoms with Crippen LogP contribution in [0.4, 0.5) is 0 Å². The summed E-state index contributed by atoms with van der Waals surface area (Å²) in [6.07, 6.45) is 6.67. The van der Waals surface area contributed by atoms with Crippen LogP contribution in [0.25, 0.3) is 11.5 Å². The molecule has 1 fully saturated rings. The Morgan fingerprint density at radius 3 is 2.48 bits per heavy atom. The quantitative estimate of drug-likeness (QED) is 0.851.